The van der Waals surface area contributed by atoms with E-state index in [0.717, 1.165) is 64.0 Å². The molecule has 0 spiro atoms. The van der Waals surface area contributed by atoms with Gasteiger partial charge in [0.25, 0.3) is 0 Å². The fourth-order valence-electron chi connectivity index (χ4n) is 3.52. The molecule has 148 valence electrons. The summed E-state index contributed by atoms with van der Waals surface area (Å²) >= 11 is 0. The van der Waals surface area contributed by atoms with Gasteiger partial charge in [0.05, 0.1) is 26.3 Å². The monoisotopic (exact) mass is 382 g/mol. The van der Waals surface area contributed by atoms with Gasteiger partial charge in [0.15, 0.2) is 0 Å². The third-order valence-electron chi connectivity index (χ3n) is 4.88. The Hall–Kier alpha value is -2.99. The number of benzene rings is 2. The number of aryl methyl sites for hydroxylation is 1. The Bertz CT molecular complexity index is 978. The van der Waals surface area contributed by atoms with Gasteiger partial charge in [0.2, 0.25) is 0 Å². The van der Waals surface area contributed by atoms with E-state index in [1.54, 1.807) is 14.2 Å². The second kappa shape index (κ2) is 8.80. The van der Waals surface area contributed by atoms with E-state index in [0.29, 0.717) is 6.54 Å². The highest BCUT2D eigenvalue weighted by Crippen LogP contribution is 2.38. The fraction of sp³-hybridized carbons (Fsp3) is 0.318. The first-order valence-electron chi connectivity index (χ1n) is 9.35. The summed E-state index contributed by atoms with van der Waals surface area (Å²) in [5.41, 5.74) is 10.5. The minimum Gasteiger partial charge on any atom is -0.497 e. The molecule has 6 heteroatoms. The number of aromatic amines is 1. The third-order valence-corrected chi connectivity index (χ3v) is 4.88. The lowest BCUT2D eigenvalue weighted by Gasteiger charge is -2.12. The number of carboxylic acid groups (broad SMARTS) is 1. The van der Waals surface area contributed by atoms with Crippen molar-refractivity contribution in [2.24, 2.45) is 5.73 Å². The van der Waals surface area contributed by atoms with Crippen LogP contribution in [0.5, 0.6) is 11.5 Å². The summed E-state index contributed by atoms with van der Waals surface area (Å²) < 4.78 is 11.0. The Morgan fingerprint density at radius 3 is 2.61 bits per heavy atom. The van der Waals surface area contributed by atoms with Crippen molar-refractivity contribution in [2.75, 3.05) is 20.8 Å². The van der Waals surface area contributed by atoms with Crippen LogP contribution in [-0.4, -0.2) is 36.8 Å². The SMILES string of the molecule is COc1ccc(OC)c(-c2[nH]c3ccc(CC(=O)O)cc3c2CCCCN)c1. The molecule has 0 fully saturated rings. The zero-order chi connectivity index (χ0) is 20.1. The maximum absolute atomic E-state index is 11.1. The topological polar surface area (TPSA) is 97.6 Å². The number of unbranched alkanes of at least 4 members (excludes halogenated alkanes) is 1. The number of fused-ring (bicyclic) bond motifs is 1. The smallest absolute Gasteiger partial charge is 0.307 e. The summed E-state index contributed by atoms with van der Waals surface area (Å²) in [6.45, 7) is 0.643. The van der Waals surface area contributed by atoms with Gasteiger partial charge in [-0.2, -0.15) is 0 Å². The van der Waals surface area contributed by atoms with Gasteiger partial charge in [-0.05, 0) is 67.3 Å². The molecule has 4 N–H and O–H groups in total. The van der Waals surface area contributed by atoms with Gasteiger partial charge in [-0.25, -0.2) is 0 Å². The summed E-state index contributed by atoms with van der Waals surface area (Å²) in [5, 5.41) is 10.2. The highest BCUT2D eigenvalue weighted by atomic mass is 16.5. The van der Waals surface area contributed by atoms with Crippen LogP contribution < -0.4 is 15.2 Å². The molecule has 0 bridgehead atoms. The highest BCUT2D eigenvalue weighted by molar-refractivity contribution is 5.93. The molecule has 0 aliphatic heterocycles. The average molecular weight is 382 g/mol. The number of hydrogen-bond acceptors (Lipinski definition) is 4. The van der Waals surface area contributed by atoms with Crippen molar-refractivity contribution in [3.63, 3.8) is 0 Å². The number of methoxy groups -OCH3 is 2. The van der Waals surface area contributed by atoms with Crippen LogP contribution in [0.25, 0.3) is 22.2 Å². The van der Waals surface area contributed by atoms with Gasteiger partial charge in [0.1, 0.15) is 11.5 Å². The van der Waals surface area contributed by atoms with Gasteiger partial charge in [-0.3, -0.25) is 4.79 Å². The predicted octanol–water partition coefficient (Wildman–Crippen LogP) is 3.76. The average Bonchev–Trinajstić information content (AvgIpc) is 3.05. The van der Waals surface area contributed by atoms with Gasteiger partial charge >= 0.3 is 5.97 Å². The van der Waals surface area contributed by atoms with E-state index >= 15 is 0 Å². The second-order valence-electron chi connectivity index (χ2n) is 6.74. The Kier molecular flexibility index (Phi) is 6.21. The Labute approximate surface area is 164 Å². The van der Waals surface area contributed by atoms with E-state index in [1.807, 2.05) is 36.4 Å². The normalized spacial score (nSPS) is 11.0. The van der Waals surface area contributed by atoms with Crippen molar-refractivity contribution in [3.8, 4) is 22.8 Å². The summed E-state index contributed by atoms with van der Waals surface area (Å²) in [4.78, 5) is 14.6. The van der Waals surface area contributed by atoms with Crippen molar-refractivity contribution in [1.82, 2.24) is 4.98 Å². The molecule has 28 heavy (non-hydrogen) atoms. The molecule has 3 rings (SSSR count). The summed E-state index contributed by atoms with van der Waals surface area (Å²) in [6, 6.07) is 11.5. The van der Waals surface area contributed by atoms with Crippen LogP contribution in [-0.2, 0) is 17.6 Å². The number of aliphatic carboxylic acids is 1. The van der Waals surface area contributed by atoms with Crippen molar-refractivity contribution in [3.05, 3.63) is 47.5 Å². The number of ether oxygens (including phenoxy) is 2. The molecule has 3 aromatic rings. The summed E-state index contributed by atoms with van der Waals surface area (Å²) in [7, 11) is 3.28. The number of H-pyrrole nitrogens is 1. The molecular weight excluding hydrogens is 356 g/mol. The molecule has 0 saturated carbocycles. The quantitative estimate of drug-likeness (QED) is 0.490. The van der Waals surface area contributed by atoms with Crippen LogP contribution in [0.3, 0.4) is 0 Å². The molecule has 1 aromatic heterocycles. The molecule has 0 radical (unpaired) electrons. The molecule has 0 aliphatic rings. The van der Waals surface area contributed by atoms with Crippen LogP contribution in [0.4, 0.5) is 0 Å². The van der Waals surface area contributed by atoms with Gasteiger partial charge in [-0.15, -0.1) is 0 Å². The molecule has 0 saturated heterocycles. The minimum atomic E-state index is -0.839. The second-order valence-corrected chi connectivity index (χ2v) is 6.74. The molecule has 2 aromatic carbocycles. The van der Waals surface area contributed by atoms with Crippen molar-refractivity contribution >= 4 is 16.9 Å². The summed E-state index contributed by atoms with van der Waals surface area (Å²) in [5.74, 6) is 0.654. The van der Waals surface area contributed by atoms with Gasteiger partial charge < -0.3 is 25.3 Å². The predicted molar refractivity (Wildman–Crippen MR) is 110 cm³/mol. The van der Waals surface area contributed by atoms with E-state index in [4.69, 9.17) is 20.3 Å². The number of nitrogens with one attached hydrogen (secondary N) is 1. The summed E-state index contributed by atoms with van der Waals surface area (Å²) in [6.07, 6.45) is 2.71. The zero-order valence-electron chi connectivity index (χ0n) is 16.2. The van der Waals surface area contributed by atoms with Crippen LogP contribution in [0.2, 0.25) is 0 Å². The van der Waals surface area contributed by atoms with Crippen LogP contribution >= 0.6 is 0 Å². The van der Waals surface area contributed by atoms with Crippen LogP contribution in [0.15, 0.2) is 36.4 Å². The molecule has 0 amide bonds. The molecule has 0 atom stereocenters. The van der Waals surface area contributed by atoms with E-state index in [-0.39, 0.29) is 6.42 Å². The van der Waals surface area contributed by atoms with E-state index in [2.05, 4.69) is 4.98 Å². The lowest BCUT2D eigenvalue weighted by molar-refractivity contribution is -0.136. The number of carbonyl (C=O) groups is 1. The molecule has 0 unspecified atom stereocenters. The number of nitrogens with two attached hydrogens (primary N) is 1. The number of rotatable bonds is 9. The minimum absolute atomic E-state index is 0.00116. The third kappa shape index (κ3) is 4.12. The first-order chi connectivity index (χ1) is 13.6. The largest absolute Gasteiger partial charge is 0.497 e. The lowest BCUT2D eigenvalue weighted by Crippen LogP contribution is -2.00. The Balaban J connectivity index is 2.18. The molecular formula is C22H26N2O4. The number of carboxylic acids is 1. The van der Waals surface area contributed by atoms with E-state index in [1.165, 1.54) is 0 Å². The fourth-order valence-corrected chi connectivity index (χ4v) is 3.52. The van der Waals surface area contributed by atoms with E-state index < -0.39 is 5.97 Å². The van der Waals surface area contributed by atoms with Gasteiger partial charge in [-0.1, -0.05) is 6.07 Å². The first kappa shape index (κ1) is 19.8. The van der Waals surface area contributed by atoms with E-state index in [9.17, 15) is 4.79 Å². The van der Waals surface area contributed by atoms with Crippen LogP contribution in [0, 0.1) is 0 Å². The maximum Gasteiger partial charge on any atom is 0.307 e. The standard InChI is InChI=1S/C22H26N2O4/c1-27-15-7-9-20(28-2)18(13-15)22-16(5-3-4-10-23)17-11-14(12-21(25)26)6-8-19(17)24-22/h6-9,11,13,24H,3-5,10,12,23H2,1-2H3,(H,25,26). The molecule has 1 heterocycles. The van der Waals surface area contributed by atoms with Crippen molar-refractivity contribution in [2.45, 2.75) is 25.7 Å². The van der Waals surface area contributed by atoms with Crippen molar-refractivity contribution in [1.29, 1.82) is 0 Å². The Morgan fingerprint density at radius 1 is 1.11 bits per heavy atom. The van der Waals surface area contributed by atoms with Gasteiger partial charge in [0, 0.05) is 16.5 Å². The van der Waals surface area contributed by atoms with Crippen molar-refractivity contribution < 1.29 is 19.4 Å². The highest BCUT2D eigenvalue weighted by Gasteiger charge is 2.18. The number of hydrogen-bond donors (Lipinski definition) is 3. The maximum atomic E-state index is 11.1. The zero-order valence-corrected chi connectivity index (χ0v) is 16.2. The molecule has 6 nitrogen and oxygen atoms in total. The van der Waals surface area contributed by atoms with Crippen LogP contribution in [0.1, 0.15) is 24.0 Å². The molecule has 0 aliphatic carbocycles. The lowest BCUT2D eigenvalue weighted by atomic mass is 9.98. The Morgan fingerprint density at radius 2 is 1.93 bits per heavy atom. The first-order valence-corrected chi connectivity index (χ1v) is 9.35. The number of aromatic nitrogens is 1.